The second-order valence-electron chi connectivity index (χ2n) is 6.05. The lowest BCUT2D eigenvalue weighted by molar-refractivity contribution is 0.259. The molecule has 0 spiro atoms. The molecule has 1 N–H and O–H groups in total. The molecule has 2 unspecified atom stereocenters. The van der Waals surface area contributed by atoms with Crippen molar-refractivity contribution in [2.45, 2.75) is 32.2 Å². The van der Waals surface area contributed by atoms with E-state index >= 15 is 0 Å². The third-order valence-corrected chi connectivity index (χ3v) is 4.26. The highest BCUT2D eigenvalue weighted by Crippen LogP contribution is 2.29. The number of nitrogens with one attached hydrogen (secondary N) is 1. The minimum atomic E-state index is 0.172. The molecule has 2 aromatic rings. The lowest BCUT2D eigenvalue weighted by atomic mass is 9.94. The van der Waals surface area contributed by atoms with Gasteiger partial charge in [0, 0.05) is 6.42 Å². The molecule has 0 aliphatic carbocycles. The molecular formula is C17H23N3O3. The van der Waals surface area contributed by atoms with Gasteiger partial charge in [-0.25, -0.2) is 0 Å². The Kier molecular flexibility index (Phi) is 4.81. The van der Waals surface area contributed by atoms with Gasteiger partial charge < -0.3 is 19.3 Å². The summed E-state index contributed by atoms with van der Waals surface area (Å²) in [4.78, 5) is 4.55. The topological polar surface area (TPSA) is 69.4 Å². The monoisotopic (exact) mass is 317 g/mol. The van der Waals surface area contributed by atoms with Crippen LogP contribution in [0, 0.1) is 5.92 Å². The number of methoxy groups -OCH3 is 2. The van der Waals surface area contributed by atoms with Gasteiger partial charge in [0.1, 0.15) is 0 Å². The lowest BCUT2D eigenvalue weighted by Crippen LogP contribution is -2.30. The van der Waals surface area contributed by atoms with Gasteiger partial charge in [0.05, 0.1) is 20.3 Å². The largest absolute Gasteiger partial charge is 0.493 e. The molecule has 0 radical (unpaired) electrons. The number of aromatic nitrogens is 2. The molecule has 1 aromatic carbocycles. The van der Waals surface area contributed by atoms with E-state index in [0.717, 1.165) is 18.5 Å². The van der Waals surface area contributed by atoms with Crippen LogP contribution < -0.4 is 14.8 Å². The van der Waals surface area contributed by atoms with Gasteiger partial charge in [0.2, 0.25) is 5.89 Å². The summed E-state index contributed by atoms with van der Waals surface area (Å²) in [6.07, 6.45) is 2.84. The first kappa shape index (κ1) is 15.8. The number of hydrogen-bond donors (Lipinski definition) is 1. The summed E-state index contributed by atoms with van der Waals surface area (Å²) in [5.74, 6) is 3.48. The molecule has 2 atom stereocenters. The SMILES string of the molecule is COc1ccc(Cc2noc(C3CC(C)CCN3)n2)cc1OC. The number of benzene rings is 1. The Balaban J connectivity index is 1.71. The molecular weight excluding hydrogens is 294 g/mol. The zero-order valence-electron chi connectivity index (χ0n) is 13.8. The Morgan fingerprint density at radius 1 is 1.26 bits per heavy atom. The molecule has 124 valence electrons. The quantitative estimate of drug-likeness (QED) is 0.914. The average molecular weight is 317 g/mol. The Labute approximate surface area is 136 Å². The molecule has 1 aliphatic rings. The summed E-state index contributed by atoms with van der Waals surface area (Å²) in [6, 6.07) is 5.98. The van der Waals surface area contributed by atoms with Crippen LogP contribution in [0.2, 0.25) is 0 Å². The number of hydrogen-bond acceptors (Lipinski definition) is 6. The van der Waals surface area contributed by atoms with E-state index in [2.05, 4.69) is 22.4 Å². The smallest absolute Gasteiger partial charge is 0.243 e. The van der Waals surface area contributed by atoms with Gasteiger partial charge in [0.25, 0.3) is 0 Å². The van der Waals surface area contributed by atoms with Crippen molar-refractivity contribution in [3.63, 3.8) is 0 Å². The van der Waals surface area contributed by atoms with E-state index in [0.29, 0.717) is 35.6 Å². The lowest BCUT2D eigenvalue weighted by Gasteiger charge is -2.25. The summed E-state index contributed by atoms with van der Waals surface area (Å²) in [6.45, 7) is 3.26. The summed E-state index contributed by atoms with van der Waals surface area (Å²) < 4.78 is 16.0. The van der Waals surface area contributed by atoms with Gasteiger partial charge in [0.15, 0.2) is 17.3 Å². The first-order valence-corrected chi connectivity index (χ1v) is 7.96. The number of piperidine rings is 1. The van der Waals surface area contributed by atoms with E-state index in [1.54, 1.807) is 14.2 Å². The Morgan fingerprint density at radius 3 is 2.83 bits per heavy atom. The van der Waals surface area contributed by atoms with Crippen LogP contribution in [-0.4, -0.2) is 30.9 Å². The Bertz CT molecular complexity index is 656. The van der Waals surface area contributed by atoms with Gasteiger partial charge in [-0.15, -0.1) is 0 Å². The fourth-order valence-electron chi connectivity index (χ4n) is 2.95. The van der Waals surface area contributed by atoms with E-state index < -0.39 is 0 Å². The van der Waals surface area contributed by atoms with Crippen LogP contribution in [0.3, 0.4) is 0 Å². The second kappa shape index (κ2) is 7.00. The predicted octanol–water partition coefficient (Wildman–Crippen LogP) is 2.74. The van der Waals surface area contributed by atoms with Crippen LogP contribution in [0.1, 0.15) is 43.1 Å². The van der Waals surface area contributed by atoms with Gasteiger partial charge >= 0.3 is 0 Å². The zero-order chi connectivity index (χ0) is 16.2. The van der Waals surface area contributed by atoms with E-state index in [4.69, 9.17) is 14.0 Å². The minimum Gasteiger partial charge on any atom is -0.493 e. The maximum atomic E-state index is 5.45. The van der Waals surface area contributed by atoms with E-state index in [9.17, 15) is 0 Å². The highest BCUT2D eigenvalue weighted by atomic mass is 16.5. The van der Waals surface area contributed by atoms with Gasteiger partial charge in [-0.3, -0.25) is 0 Å². The van der Waals surface area contributed by atoms with Crippen molar-refractivity contribution in [1.29, 1.82) is 0 Å². The molecule has 1 saturated heterocycles. The van der Waals surface area contributed by atoms with Crippen LogP contribution in [0.4, 0.5) is 0 Å². The highest BCUT2D eigenvalue weighted by Gasteiger charge is 2.24. The zero-order valence-corrected chi connectivity index (χ0v) is 13.8. The molecule has 6 nitrogen and oxygen atoms in total. The van der Waals surface area contributed by atoms with Crippen molar-refractivity contribution >= 4 is 0 Å². The van der Waals surface area contributed by atoms with Crippen LogP contribution in [0.15, 0.2) is 22.7 Å². The summed E-state index contributed by atoms with van der Waals surface area (Å²) in [7, 11) is 3.26. The first-order valence-electron chi connectivity index (χ1n) is 7.96. The molecule has 1 aromatic heterocycles. The van der Waals surface area contributed by atoms with Crippen LogP contribution in [-0.2, 0) is 6.42 Å². The fourth-order valence-corrected chi connectivity index (χ4v) is 2.95. The number of nitrogens with zero attached hydrogens (tertiary/aromatic N) is 2. The fraction of sp³-hybridized carbons (Fsp3) is 0.529. The van der Waals surface area contributed by atoms with E-state index in [1.165, 1.54) is 6.42 Å². The second-order valence-corrected chi connectivity index (χ2v) is 6.05. The summed E-state index contributed by atoms with van der Waals surface area (Å²) >= 11 is 0. The van der Waals surface area contributed by atoms with E-state index in [-0.39, 0.29) is 6.04 Å². The van der Waals surface area contributed by atoms with Crippen molar-refractivity contribution in [1.82, 2.24) is 15.5 Å². The molecule has 1 fully saturated rings. The van der Waals surface area contributed by atoms with Crippen molar-refractivity contribution in [2.24, 2.45) is 5.92 Å². The van der Waals surface area contributed by atoms with Gasteiger partial charge in [-0.2, -0.15) is 4.98 Å². The molecule has 23 heavy (non-hydrogen) atoms. The molecule has 1 aliphatic heterocycles. The summed E-state index contributed by atoms with van der Waals surface area (Å²) in [5, 5.41) is 7.56. The molecule has 3 rings (SSSR count). The normalized spacial score (nSPS) is 21.2. The molecule has 2 heterocycles. The molecule has 0 amide bonds. The van der Waals surface area contributed by atoms with Crippen molar-refractivity contribution in [3.8, 4) is 11.5 Å². The molecule has 0 saturated carbocycles. The first-order chi connectivity index (χ1) is 11.2. The van der Waals surface area contributed by atoms with Crippen LogP contribution >= 0.6 is 0 Å². The highest BCUT2D eigenvalue weighted by molar-refractivity contribution is 5.43. The number of rotatable bonds is 5. The molecule has 0 bridgehead atoms. The van der Waals surface area contributed by atoms with Crippen molar-refractivity contribution < 1.29 is 14.0 Å². The molecule has 6 heteroatoms. The minimum absolute atomic E-state index is 0.172. The van der Waals surface area contributed by atoms with Gasteiger partial charge in [-0.1, -0.05) is 18.1 Å². The predicted molar refractivity (Wildman–Crippen MR) is 85.8 cm³/mol. The number of ether oxygens (including phenoxy) is 2. The third kappa shape index (κ3) is 3.64. The van der Waals surface area contributed by atoms with Crippen LogP contribution in [0.5, 0.6) is 11.5 Å². The maximum absolute atomic E-state index is 5.45. The average Bonchev–Trinajstić information content (AvgIpc) is 3.03. The Morgan fingerprint density at radius 2 is 2.09 bits per heavy atom. The van der Waals surface area contributed by atoms with Crippen molar-refractivity contribution in [3.05, 3.63) is 35.5 Å². The van der Waals surface area contributed by atoms with Crippen LogP contribution in [0.25, 0.3) is 0 Å². The third-order valence-electron chi connectivity index (χ3n) is 4.26. The Hall–Kier alpha value is -2.08. The van der Waals surface area contributed by atoms with Crippen molar-refractivity contribution in [2.75, 3.05) is 20.8 Å². The standard InChI is InChI=1S/C17H23N3O3/c1-11-6-7-18-13(8-11)17-19-16(20-23-17)10-12-4-5-14(21-2)15(9-12)22-3/h4-5,9,11,13,18H,6-8,10H2,1-3H3. The maximum Gasteiger partial charge on any atom is 0.243 e. The van der Waals surface area contributed by atoms with Gasteiger partial charge in [-0.05, 0) is 43.0 Å². The summed E-state index contributed by atoms with van der Waals surface area (Å²) in [5.41, 5.74) is 1.06. The van der Waals surface area contributed by atoms with E-state index in [1.807, 2.05) is 18.2 Å².